The van der Waals surface area contributed by atoms with Gasteiger partial charge < -0.3 is 0 Å². The SMILES string of the molecule is Cc1[nH]nc(-n2ccnc2)c1Cl. The molecule has 0 aliphatic carbocycles. The highest BCUT2D eigenvalue weighted by molar-refractivity contribution is 6.32. The van der Waals surface area contributed by atoms with E-state index in [2.05, 4.69) is 15.2 Å². The first-order chi connectivity index (χ1) is 5.79. The Morgan fingerprint density at radius 3 is 2.92 bits per heavy atom. The summed E-state index contributed by atoms with van der Waals surface area (Å²) in [4.78, 5) is 3.90. The molecule has 2 aromatic heterocycles. The summed E-state index contributed by atoms with van der Waals surface area (Å²) < 4.78 is 1.76. The first-order valence-electron chi connectivity index (χ1n) is 3.48. The Balaban J connectivity index is 2.55. The predicted molar refractivity (Wildman–Crippen MR) is 45.5 cm³/mol. The Bertz CT molecular complexity index is 376. The maximum Gasteiger partial charge on any atom is 0.178 e. The van der Waals surface area contributed by atoms with Crippen molar-refractivity contribution < 1.29 is 0 Å². The molecule has 0 aromatic carbocycles. The van der Waals surface area contributed by atoms with Gasteiger partial charge in [-0.25, -0.2) is 4.98 Å². The van der Waals surface area contributed by atoms with Crippen LogP contribution in [0.5, 0.6) is 0 Å². The van der Waals surface area contributed by atoms with Gasteiger partial charge >= 0.3 is 0 Å². The number of rotatable bonds is 1. The van der Waals surface area contributed by atoms with E-state index in [1.54, 1.807) is 23.3 Å². The van der Waals surface area contributed by atoms with E-state index in [4.69, 9.17) is 11.6 Å². The number of hydrogen-bond donors (Lipinski definition) is 1. The average molecular weight is 183 g/mol. The van der Waals surface area contributed by atoms with E-state index in [1.807, 2.05) is 6.92 Å². The van der Waals surface area contributed by atoms with Crippen LogP contribution in [0.15, 0.2) is 18.7 Å². The van der Waals surface area contributed by atoms with Gasteiger partial charge in [0.15, 0.2) is 5.82 Å². The molecule has 62 valence electrons. The van der Waals surface area contributed by atoms with Gasteiger partial charge in [-0.15, -0.1) is 0 Å². The van der Waals surface area contributed by atoms with Crippen molar-refractivity contribution in [2.75, 3.05) is 0 Å². The van der Waals surface area contributed by atoms with Crippen LogP contribution in [0.1, 0.15) is 5.69 Å². The Labute approximate surface area is 74.2 Å². The van der Waals surface area contributed by atoms with E-state index in [-0.39, 0.29) is 0 Å². The van der Waals surface area contributed by atoms with Crippen molar-refractivity contribution in [3.05, 3.63) is 29.4 Å². The highest BCUT2D eigenvalue weighted by Crippen LogP contribution is 2.20. The Hall–Kier alpha value is -1.29. The third kappa shape index (κ3) is 1.00. The molecule has 0 bridgehead atoms. The number of aromatic amines is 1. The molecule has 2 aromatic rings. The second-order valence-corrected chi connectivity index (χ2v) is 2.83. The number of aromatic nitrogens is 4. The summed E-state index contributed by atoms with van der Waals surface area (Å²) in [6.45, 7) is 1.87. The lowest BCUT2D eigenvalue weighted by Gasteiger charge is -1.94. The van der Waals surface area contributed by atoms with Crippen LogP contribution < -0.4 is 0 Å². The third-order valence-corrected chi connectivity index (χ3v) is 2.06. The average Bonchev–Trinajstić information content (AvgIpc) is 2.64. The second-order valence-electron chi connectivity index (χ2n) is 2.46. The van der Waals surface area contributed by atoms with Gasteiger partial charge in [-0.1, -0.05) is 11.6 Å². The number of nitrogens with zero attached hydrogens (tertiary/aromatic N) is 3. The summed E-state index contributed by atoms with van der Waals surface area (Å²) in [6.07, 6.45) is 5.13. The summed E-state index contributed by atoms with van der Waals surface area (Å²) >= 11 is 5.96. The summed E-state index contributed by atoms with van der Waals surface area (Å²) in [5.41, 5.74) is 0.861. The van der Waals surface area contributed by atoms with Crippen molar-refractivity contribution in [1.82, 2.24) is 19.7 Å². The normalized spacial score (nSPS) is 10.5. The molecule has 0 atom stereocenters. The van der Waals surface area contributed by atoms with Gasteiger partial charge in [-0.05, 0) is 6.92 Å². The number of H-pyrrole nitrogens is 1. The number of halogens is 1. The first-order valence-corrected chi connectivity index (χ1v) is 3.85. The molecular weight excluding hydrogens is 176 g/mol. The lowest BCUT2D eigenvalue weighted by Crippen LogP contribution is -1.90. The molecule has 1 N–H and O–H groups in total. The van der Waals surface area contributed by atoms with Gasteiger partial charge in [0.25, 0.3) is 0 Å². The highest BCUT2D eigenvalue weighted by atomic mass is 35.5. The first kappa shape index (κ1) is 7.36. The summed E-state index contributed by atoms with van der Waals surface area (Å²) in [7, 11) is 0. The van der Waals surface area contributed by atoms with Gasteiger partial charge in [0.2, 0.25) is 0 Å². The monoisotopic (exact) mass is 182 g/mol. The number of imidazole rings is 1. The largest absolute Gasteiger partial charge is 0.288 e. The quantitative estimate of drug-likeness (QED) is 0.728. The smallest absolute Gasteiger partial charge is 0.178 e. The molecule has 2 rings (SSSR count). The summed E-state index contributed by atoms with van der Waals surface area (Å²) in [5, 5.41) is 7.45. The molecule has 12 heavy (non-hydrogen) atoms. The van der Waals surface area contributed by atoms with Crippen LogP contribution in [-0.2, 0) is 0 Å². The zero-order valence-electron chi connectivity index (χ0n) is 6.45. The molecule has 0 radical (unpaired) electrons. The van der Waals surface area contributed by atoms with E-state index in [1.165, 1.54) is 0 Å². The topological polar surface area (TPSA) is 46.5 Å². The minimum atomic E-state index is 0.632. The van der Waals surface area contributed by atoms with Crippen molar-refractivity contribution in [2.45, 2.75) is 6.92 Å². The van der Waals surface area contributed by atoms with Crippen LogP contribution in [0.4, 0.5) is 0 Å². The molecule has 0 saturated heterocycles. The summed E-state index contributed by atoms with van der Waals surface area (Å²) in [6, 6.07) is 0. The van der Waals surface area contributed by atoms with Crippen molar-refractivity contribution >= 4 is 11.6 Å². The van der Waals surface area contributed by atoms with E-state index >= 15 is 0 Å². The Kier molecular flexibility index (Phi) is 1.62. The molecule has 2 heterocycles. The molecule has 0 aliphatic heterocycles. The van der Waals surface area contributed by atoms with E-state index in [9.17, 15) is 0 Å². The van der Waals surface area contributed by atoms with Crippen molar-refractivity contribution in [3.8, 4) is 5.82 Å². The number of aryl methyl sites for hydroxylation is 1. The van der Waals surface area contributed by atoms with Crippen LogP contribution in [0.3, 0.4) is 0 Å². The lowest BCUT2D eigenvalue weighted by molar-refractivity contribution is 0.948. The minimum absolute atomic E-state index is 0.632. The molecular formula is C7H7ClN4. The second kappa shape index (κ2) is 2.64. The van der Waals surface area contributed by atoms with E-state index in [0.29, 0.717) is 10.8 Å². The van der Waals surface area contributed by atoms with Crippen molar-refractivity contribution in [2.24, 2.45) is 0 Å². The molecule has 0 fully saturated rings. The van der Waals surface area contributed by atoms with Crippen LogP contribution in [0, 0.1) is 6.92 Å². The van der Waals surface area contributed by atoms with Crippen molar-refractivity contribution in [1.29, 1.82) is 0 Å². The summed E-state index contributed by atoms with van der Waals surface area (Å²) in [5.74, 6) is 0.687. The van der Waals surface area contributed by atoms with Crippen molar-refractivity contribution in [3.63, 3.8) is 0 Å². The van der Waals surface area contributed by atoms with Crippen LogP contribution in [-0.4, -0.2) is 19.7 Å². The number of nitrogens with one attached hydrogen (secondary N) is 1. The number of hydrogen-bond acceptors (Lipinski definition) is 2. The fourth-order valence-corrected chi connectivity index (χ4v) is 1.14. The highest BCUT2D eigenvalue weighted by Gasteiger charge is 2.07. The molecule has 0 aliphatic rings. The van der Waals surface area contributed by atoms with E-state index < -0.39 is 0 Å². The lowest BCUT2D eigenvalue weighted by atomic mass is 10.4. The maximum absolute atomic E-state index is 5.96. The minimum Gasteiger partial charge on any atom is -0.288 e. The fraction of sp³-hybridized carbons (Fsp3) is 0.143. The third-order valence-electron chi connectivity index (χ3n) is 1.60. The van der Waals surface area contributed by atoms with Gasteiger partial charge in [0, 0.05) is 12.4 Å². The fourth-order valence-electron chi connectivity index (χ4n) is 0.958. The Morgan fingerprint density at radius 1 is 1.58 bits per heavy atom. The molecule has 0 amide bonds. The molecule has 4 nitrogen and oxygen atoms in total. The van der Waals surface area contributed by atoms with Crippen LogP contribution in [0.25, 0.3) is 5.82 Å². The van der Waals surface area contributed by atoms with Gasteiger partial charge in [0.1, 0.15) is 11.3 Å². The van der Waals surface area contributed by atoms with Gasteiger partial charge in [-0.2, -0.15) is 5.10 Å². The van der Waals surface area contributed by atoms with Gasteiger partial charge in [-0.3, -0.25) is 9.67 Å². The van der Waals surface area contributed by atoms with E-state index in [0.717, 1.165) is 5.69 Å². The molecule has 0 saturated carbocycles. The van der Waals surface area contributed by atoms with Crippen LogP contribution in [0.2, 0.25) is 5.02 Å². The zero-order chi connectivity index (χ0) is 8.55. The zero-order valence-corrected chi connectivity index (χ0v) is 7.21. The predicted octanol–water partition coefficient (Wildman–Crippen LogP) is 1.56. The molecule has 0 spiro atoms. The maximum atomic E-state index is 5.96. The molecule has 5 heteroatoms. The molecule has 0 unspecified atom stereocenters. The van der Waals surface area contributed by atoms with Gasteiger partial charge in [0.05, 0.1) is 5.69 Å². The van der Waals surface area contributed by atoms with Crippen LogP contribution >= 0.6 is 11.6 Å². The standard InChI is InChI=1S/C7H7ClN4/c1-5-6(8)7(11-10-5)12-3-2-9-4-12/h2-4H,1H3,(H,10,11). The Morgan fingerprint density at radius 2 is 2.42 bits per heavy atom.